The molecule has 1 rings (SSSR count). The van der Waals surface area contributed by atoms with Crippen LogP contribution in [0, 0.1) is 20.8 Å². The highest BCUT2D eigenvalue weighted by Crippen LogP contribution is 2.03. The second kappa shape index (κ2) is 3.56. The molecule has 0 saturated carbocycles. The lowest BCUT2D eigenvalue weighted by molar-refractivity contribution is -0.108. The summed E-state index contributed by atoms with van der Waals surface area (Å²) in [6.45, 7) is 5.65. The van der Waals surface area contributed by atoms with Crippen molar-refractivity contribution in [3.63, 3.8) is 0 Å². The Morgan fingerprint density at radius 1 is 1.38 bits per heavy atom. The first-order chi connectivity index (χ1) is 6.07. The van der Waals surface area contributed by atoms with Crippen LogP contribution in [0.3, 0.4) is 0 Å². The lowest BCUT2D eigenvalue weighted by atomic mass is 10.1. The molecule has 0 saturated heterocycles. The number of aryl methyl sites for hydroxylation is 2. The monoisotopic (exact) mass is 179 g/mol. The van der Waals surface area contributed by atoms with E-state index in [1.165, 1.54) is 4.57 Å². The largest absolute Gasteiger partial charge is 0.306 e. The van der Waals surface area contributed by atoms with Gasteiger partial charge in [-0.3, -0.25) is 4.79 Å². The predicted octanol–water partition coefficient (Wildman–Crippen LogP) is 0.972. The SMILES string of the molecule is Cc1cc(C)n(CC=O)c(=O)c1C. The molecule has 0 radical (unpaired) electrons. The average Bonchev–Trinajstić information content (AvgIpc) is 2.09. The smallest absolute Gasteiger partial charge is 0.254 e. The van der Waals surface area contributed by atoms with E-state index in [4.69, 9.17) is 0 Å². The minimum absolute atomic E-state index is 0.0652. The summed E-state index contributed by atoms with van der Waals surface area (Å²) in [4.78, 5) is 21.9. The maximum absolute atomic E-state index is 11.6. The minimum Gasteiger partial charge on any atom is -0.306 e. The molecule has 0 aliphatic heterocycles. The molecule has 0 bridgehead atoms. The second-order valence-electron chi connectivity index (χ2n) is 3.18. The Kier molecular flexibility index (Phi) is 2.66. The topological polar surface area (TPSA) is 39.1 Å². The van der Waals surface area contributed by atoms with Gasteiger partial charge in [-0.2, -0.15) is 0 Å². The normalized spacial score (nSPS) is 10.1. The Balaban J connectivity index is 3.43. The quantitative estimate of drug-likeness (QED) is 0.634. The molecule has 0 aromatic carbocycles. The maximum Gasteiger partial charge on any atom is 0.254 e. The Hall–Kier alpha value is -1.38. The second-order valence-corrected chi connectivity index (χ2v) is 3.18. The van der Waals surface area contributed by atoms with Crippen LogP contribution in [-0.4, -0.2) is 10.9 Å². The molecule has 0 N–H and O–H groups in total. The van der Waals surface area contributed by atoms with Crippen LogP contribution >= 0.6 is 0 Å². The van der Waals surface area contributed by atoms with Gasteiger partial charge in [-0.25, -0.2) is 0 Å². The third kappa shape index (κ3) is 1.69. The fourth-order valence-corrected chi connectivity index (χ4v) is 1.33. The molecule has 1 heterocycles. The summed E-state index contributed by atoms with van der Waals surface area (Å²) in [6.07, 6.45) is 0.739. The predicted molar refractivity (Wildman–Crippen MR) is 51.0 cm³/mol. The van der Waals surface area contributed by atoms with Gasteiger partial charge in [-0.05, 0) is 32.4 Å². The van der Waals surface area contributed by atoms with E-state index in [-0.39, 0.29) is 12.1 Å². The van der Waals surface area contributed by atoms with Crippen LogP contribution in [0.25, 0.3) is 0 Å². The van der Waals surface area contributed by atoms with Crippen LogP contribution in [0.4, 0.5) is 0 Å². The Labute approximate surface area is 77.0 Å². The number of hydrogen-bond donors (Lipinski definition) is 0. The number of hydrogen-bond acceptors (Lipinski definition) is 2. The van der Waals surface area contributed by atoms with E-state index >= 15 is 0 Å². The molecule has 0 amide bonds. The fourth-order valence-electron chi connectivity index (χ4n) is 1.33. The van der Waals surface area contributed by atoms with Crippen LogP contribution in [-0.2, 0) is 11.3 Å². The van der Waals surface area contributed by atoms with Gasteiger partial charge < -0.3 is 9.36 Å². The van der Waals surface area contributed by atoms with Gasteiger partial charge >= 0.3 is 0 Å². The summed E-state index contributed by atoms with van der Waals surface area (Å²) in [7, 11) is 0. The third-order valence-electron chi connectivity index (χ3n) is 2.27. The summed E-state index contributed by atoms with van der Waals surface area (Å²) in [6, 6.07) is 1.92. The van der Waals surface area contributed by atoms with Crippen LogP contribution < -0.4 is 5.56 Å². The van der Waals surface area contributed by atoms with E-state index in [9.17, 15) is 9.59 Å². The highest BCUT2D eigenvalue weighted by atomic mass is 16.1. The van der Waals surface area contributed by atoms with Crippen LogP contribution in [0.2, 0.25) is 0 Å². The molecule has 70 valence electrons. The standard InChI is InChI=1S/C10H13NO2/c1-7-6-8(2)11(4-5-12)10(13)9(7)3/h5-6H,4H2,1-3H3. The summed E-state index contributed by atoms with van der Waals surface area (Å²) in [5.41, 5.74) is 2.46. The number of carbonyl (C=O) groups excluding carboxylic acids is 1. The van der Waals surface area contributed by atoms with Gasteiger partial charge in [0, 0.05) is 11.3 Å². The Morgan fingerprint density at radius 3 is 2.54 bits per heavy atom. The number of aldehydes is 1. The lowest BCUT2D eigenvalue weighted by Gasteiger charge is -2.09. The number of carbonyl (C=O) groups is 1. The molecule has 3 heteroatoms. The van der Waals surface area contributed by atoms with Crippen LogP contribution in [0.15, 0.2) is 10.9 Å². The lowest BCUT2D eigenvalue weighted by Crippen LogP contribution is -2.25. The first-order valence-corrected chi connectivity index (χ1v) is 4.19. The molecule has 0 fully saturated rings. The average molecular weight is 179 g/mol. The third-order valence-corrected chi connectivity index (χ3v) is 2.27. The number of rotatable bonds is 2. The first kappa shape index (κ1) is 9.71. The van der Waals surface area contributed by atoms with E-state index in [1.54, 1.807) is 6.92 Å². The molecule has 0 aliphatic carbocycles. The fraction of sp³-hybridized carbons (Fsp3) is 0.400. The van der Waals surface area contributed by atoms with Crippen molar-refractivity contribution < 1.29 is 4.79 Å². The van der Waals surface area contributed by atoms with E-state index in [1.807, 2.05) is 19.9 Å². The molecule has 0 spiro atoms. The molecular formula is C10H13NO2. The van der Waals surface area contributed by atoms with Crippen molar-refractivity contribution >= 4 is 6.29 Å². The molecule has 0 aliphatic rings. The van der Waals surface area contributed by atoms with Crippen molar-refractivity contribution in [3.05, 3.63) is 33.2 Å². The molecule has 3 nitrogen and oxygen atoms in total. The molecule has 0 unspecified atom stereocenters. The first-order valence-electron chi connectivity index (χ1n) is 4.19. The van der Waals surface area contributed by atoms with Gasteiger partial charge in [0.05, 0.1) is 6.54 Å². The Morgan fingerprint density at radius 2 is 2.00 bits per heavy atom. The summed E-state index contributed by atoms with van der Waals surface area (Å²) in [5, 5.41) is 0. The van der Waals surface area contributed by atoms with Crippen molar-refractivity contribution in [2.24, 2.45) is 0 Å². The van der Waals surface area contributed by atoms with Crippen molar-refractivity contribution in [3.8, 4) is 0 Å². The van der Waals surface area contributed by atoms with E-state index in [0.29, 0.717) is 5.56 Å². The van der Waals surface area contributed by atoms with Gasteiger partial charge in [-0.15, -0.1) is 0 Å². The van der Waals surface area contributed by atoms with E-state index < -0.39 is 0 Å². The highest BCUT2D eigenvalue weighted by Gasteiger charge is 2.05. The minimum atomic E-state index is -0.0652. The van der Waals surface area contributed by atoms with Crippen molar-refractivity contribution in [2.75, 3.05) is 0 Å². The van der Waals surface area contributed by atoms with Gasteiger partial charge in [0.1, 0.15) is 6.29 Å². The Bertz CT molecular complexity index is 391. The van der Waals surface area contributed by atoms with Gasteiger partial charge in [0.15, 0.2) is 0 Å². The zero-order valence-electron chi connectivity index (χ0n) is 8.13. The maximum atomic E-state index is 11.6. The van der Waals surface area contributed by atoms with E-state index in [0.717, 1.165) is 17.5 Å². The van der Waals surface area contributed by atoms with Gasteiger partial charge in [0.2, 0.25) is 0 Å². The number of pyridine rings is 1. The van der Waals surface area contributed by atoms with Crippen molar-refractivity contribution in [1.82, 2.24) is 4.57 Å². The summed E-state index contributed by atoms with van der Waals surface area (Å²) < 4.78 is 1.48. The van der Waals surface area contributed by atoms with Gasteiger partial charge in [0.25, 0.3) is 5.56 Å². The molecule has 1 aromatic rings. The zero-order chi connectivity index (χ0) is 10.0. The van der Waals surface area contributed by atoms with Crippen LogP contribution in [0.1, 0.15) is 16.8 Å². The van der Waals surface area contributed by atoms with Crippen molar-refractivity contribution in [2.45, 2.75) is 27.3 Å². The summed E-state index contributed by atoms with van der Waals surface area (Å²) >= 11 is 0. The molecule has 0 atom stereocenters. The van der Waals surface area contributed by atoms with Crippen LogP contribution in [0.5, 0.6) is 0 Å². The summed E-state index contributed by atoms with van der Waals surface area (Å²) in [5.74, 6) is 0. The van der Waals surface area contributed by atoms with Gasteiger partial charge in [-0.1, -0.05) is 0 Å². The highest BCUT2D eigenvalue weighted by molar-refractivity contribution is 5.49. The zero-order valence-corrected chi connectivity index (χ0v) is 8.13. The number of nitrogens with zero attached hydrogens (tertiary/aromatic N) is 1. The number of aromatic nitrogens is 1. The molecular weight excluding hydrogens is 166 g/mol. The molecule has 13 heavy (non-hydrogen) atoms. The van der Waals surface area contributed by atoms with Crippen molar-refractivity contribution in [1.29, 1.82) is 0 Å². The van der Waals surface area contributed by atoms with E-state index in [2.05, 4.69) is 0 Å². The molecule has 1 aromatic heterocycles.